The van der Waals surface area contributed by atoms with Crippen LogP contribution in [0.5, 0.6) is 11.5 Å². The van der Waals surface area contributed by atoms with Crippen molar-refractivity contribution in [1.82, 2.24) is 14.8 Å². The summed E-state index contributed by atoms with van der Waals surface area (Å²) in [6.07, 6.45) is 5.11. The Labute approximate surface area is 165 Å². The van der Waals surface area contributed by atoms with Gasteiger partial charge in [-0.15, -0.1) is 0 Å². The van der Waals surface area contributed by atoms with Gasteiger partial charge in [0.25, 0.3) is 5.91 Å². The molecule has 2 fully saturated rings. The van der Waals surface area contributed by atoms with Crippen molar-refractivity contribution in [3.05, 3.63) is 41.6 Å². The van der Waals surface area contributed by atoms with E-state index >= 15 is 0 Å². The first kappa shape index (κ1) is 18.8. The molecule has 1 atom stereocenters. The predicted molar refractivity (Wildman–Crippen MR) is 104 cm³/mol. The van der Waals surface area contributed by atoms with Gasteiger partial charge in [-0.25, -0.2) is 4.98 Å². The van der Waals surface area contributed by atoms with Gasteiger partial charge < -0.3 is 18.8 Å². The van der Waals surface area contributed by atoms with Crippen LogP contribution in [-0.2, 0) is 6.61 Å². The molecule has 7 nitrogen and oxygen atoms in total. The highest BCUT2D eigenvalue weighted by Crippen LogP contribution is 2.28. The molecule has 2 aliphatic heterocycles. The van der Waals surface area contributed by atoms with Crippen molar-refractivity contribution in [2.24, 2.45) is 0 Å². The fourth-order valence-electron chi connectivity index (χ4n) is 4.01. The van der Waals surface area contributed by atoms with E-state index in [1.54, 1.807) is 7.11 Å². The molecule has 2 aliphatic rings. The smallest absolute Gasteiger partial charge is 0.275 e. The number of carbonyl (C=O) groups is 1. The average molecular weight is 385 g/mol. The van der Waals surface area contributed by atoms with Gasteiger partial charge in [0.1, 0.15) is 6.26 Å². The second kappa shape index (κ2) is 8.22. The van der Waals surface area contributed by atoms with Gasteiger partial charge in [-0.2, -0.15) is 0 Å². The highest BCUT2D eigenvalue weighted by atomic mass is 16.5. The maximum Gasteiger partial charge on any atom is 0.275 e. The van der Waals surface area contributed by atoms with E-state index in [-0.39, 0.29) is 12.5 Å². The van der Waals surface area contributed by atoms with E-state index in [4.69, 9.17) is 13.9 Å². The molecule has 0 spiro atoms. The van der Waals surface area contributed by atoms with Crippen molar-refractivity contribution in [1.29, 1.82) is 0 Å². The van der Waals surface area contributed by atoms with Crippen LogP contribution in [0.1, 0.15) is 41.2 Å². The van der Waals surface area contributed by atoms with Crippen molar-refractivity contribution in [2.75, 3.05) is 33.3 Å². The van der Waals surface area contributed by atoms with E-state index in [1.807, 2.05) is 30.0 Å². The van der Waals surface area contributed by atoms with Gasteiger partial charge in [0, 0.05) is 25.7 Å². The monoisotopic (exact) mass is 385 g/mol. The molecule has 3 heterocycles. The Hall–Kier alpha value is -2.54. The fourth-order valence-corrected chi connectivity index (χ4v) is 4.01. The largest absolute Gasteiger partial charge is 0.493 e. The number of fused-ring (bicyclic) bond motifs is 1. The zero-order chi connectivity index (χ0) is 19.5. The summed E-state index contributed by atoms with van der Waals surface area (Å²) in [5.41, 5.74) is 1.44. The quantitative estimate of drug-likeness (QED) is 0.788. The van der Waals surface area contributed by atoms with Gasteiger partial charge in [0.15, 0.2) is 23.8 Å². The van der Waals surface area contributed by atoms with E-state index in [0.29, 0.717) is 29.1 Å². The summed E-state index contributed by atoms with van der Waals surface area (Å²) < 4.78 is 16.6. The first-order chi connectivity index (χ1) is 13.6. The molecular formula is C21H27N3O4. The lowest BCUT2D eigenvalue weighted by molar-refractivity contribution is 0.0368. The lowest BCUT2D eigenvalue weighted by atomic mass is 9.99. The van der Waals surface area contributed by atoms with Gasteiger partial charge >= 0.3 is 0 Å². The first-order valence-corrected chi connectivity index (χ1v) is 9.89. The number of benzene rings is 1. The molecule has 1 aromatic heterocycles. The SMILES string of the molecule is COc1cc(C)ccc1OCc1nc(C(=O)N2CCN3CCCCC3C2)co1. The summed E-state index contributed by atoms with van der Waals surface area (Å²) in [4.78, 5) is 21.6. The van der Waals surface area contributed by atoms with E-state index in [1.165, 1.54) is 25.5 Å². The number of methoxy groups -OCH3 is 1. The topological polar surface area (TPSA) is 68.0 Å². The van der Waals surface area contributed by atoms with Crippen molar-refractivity contribution in [3.8, 4) is 11.5 Å². The molecule has 0 saturated carbocycles. The minimum atomic E-state index is -0.0619. The molecule has 28 heavy (non-hydrogen) atoms. The van der Waals surface area contributed by atoms with Crippen molar-refractivity contribution >= 4 is 5.91 Å². The van der Waals surface area contributed by atoms with E-state index in [2.05, 4.69) is 9.88 Å². The van der Waals surface area contributed by atoms with Crippen LogP contribution in [0.25, 0.3) is 0 Å². The van der Waals surface area contributed by atoms with E-state index in [9.17, 15) is 4.79 Å². The number of oxazole rings is 1. The number of rotatable bonds is 5. The lowest BCUT2D eigenvalue weighted by Crippen LogP contribution is -2.56. The summed E-state index contributed by atoms with van der Waals surface area (Å²) >= 11 is 0. The van der Waals surface area contributed by atoms with Crippen molar-refractivity contribution in [2.45, 2.75) is 38.8 Å². The zero-order valence-corrected chi connectivity index (χ0v) is 16.5. The minimum Gasteiger partial charge on any atom is -0.493 e. The third-order valence-electron chi connectivity index (χ3n) is 5.57. The molecule has 4 rings (SSSR count). The number of amides is 1. The van der Waals surface area contributed by atoms with Gasteiger partial charge in [-0.05, 0) is 44.0 Å². The van der Waals surface area contributed by atoms with Crippen LogP contribution in [0.2, 0.25) is 0 Å². The van der Waals surface area contributed by atoms with Crippen LogP contribution in [0.15, 0.2) is 28.9 Å². The number of carbonyl (C=O) groups excluding carboxylic acids is 1. The molecule has 1 amide bonds. The van der Waals surface area contributed by atoms with Crippen LogP contribution in [0.4, 0.5) is 0 Å². The number of aryl methyl sites for hydroxylation is 1. The minimum absolute atomic E-state index is 0.0619. The molecule has 1 unspecified atom stereocenters. The second-order valence-electron chi connectivity index (χ2n) is 7.51. The standard InChI is InChI=1S/C21H27N3O4/c1-15-6-7-18(19(11-15)26-2)27-14-20-22-17(13-28-20)21(25)24-10-9-23-8-4-3-5-16(23)12-24/h6-7,11,13,16H,3-5,8-10,12,14H2,1-2H3. The van der Waals surface area contributed by atoms with Crippen LogP contribution >= 0.6 is 0 Å². The lowest BCUT2D eigenvalue weighted by Gasteiger charge is -2.43. The van der Waals surface area contributed by atoms with Crippen LogP contribution < -0.4 is 9.47 Å². The zero-order valence-electron chi connectivity index (χ0n) is 16.5. The Morgan fingerprint density at radius 2 is 2.14 bits per heavy atom. The molecule has 7 heteroatoms. The Morgan fingerprint density at radius 3 is 3.00 bits per heavy atom. The maximum absolute atomic E-state index is 12.8. The summed E-state index contributed by atoms with van der Waals surface area (Å²) in [6.45, 7) is 5.75. The molecule has 150 valence electrons. The summed E-state index contributed by atoms with van der Waals surface area (Å²) in [5, 5.41) is 0. The molecule has 0 aliphatic carbocycles. The molecular weight excluding hydrogens is 358 g/mol. The Kier molecular flexibility index (Phi) is 5.52. The summed E-state index contributed by atoms with van der Waals surface area (Å²) in [6, 6.07) is 6.19. The molecule has 0 bridgehead atoms. The fraction of sp³-hybridized carbons (Fsp3) is 0.524. The average Bonchev–Trinajstić information content (AvgIpc) is 3.21. The maximum atomic E-state index is 12.8. The normalized spacial score (nSPS) is 19.9. The van der Waals surface area contributed by atoms with Gasteiger partial charge in [-0.1, -0.05) is 12.5 Å². The number of ether oxygens (including phenoxy) is 2. The number of piperazine rings is 1. The molecule has 1 aromatic carbocycles. The van der Waals surface area contributed by atoms with Gasteiger partial charge in [-0.3, -0.25) is 9.69 Å². The van der Waals surface area contributed by atoms with Crippen LogP contribution in [-0.4, -0.2) is 60.0 Å². The van der Waals surface area contributed by atoms with Gasteiger partial charge in [0.2, 0.25) is 5.89 Å². The molecule has 2 saturated heterocycles. The van der Waals surface area contributed by atoms with E-state index < -0.39 is 0 Å². The molecule has 0 radical (unpaired) electrons. The second-order valence-corrected chi connectivity index (χ2v) is 7.51. The Bertz CT molecular complexity index is 835. The Balaban J connectivity index is 1.37. The number of hydrogen-bond donors (Lipinski definition) is 0. The van der Waals surface area contributed by atoms with E-state index in [0.717, 1.165) is 31.7 Å². The number of nitrogens with zero attached hydrogens (tertiary/aromatic N) is 3. The molecule has 2 aromatic rings. The number of piperidine rings is 1. The number of aromatic nitrogens is 1. The van der Waals surface area contributed by atoms with Crippen LogP contribution in [0.3, 0.4) is 0 Å². The highest BCUT2D eigenvalue weighted by molar-refractivity contribution is 5.92. The third kappa shape index (κ3) is 3.99. The Morgan fingerprint density at radius 1 is 1.25 bits per heavy atom. The summed E-state index contributed by atoms with van der Waals surface area (Å²) in [5.74, 6) is 1.59. The van der Waals surface area contributed by atoms with Crippen molar-refractivity contribution < 1.29 is 18.7 Å². The van der Waals surface area contributed by atoms with Gasteiger partial charge in [0.05, 0.1) is 7.11 Å². The highest BCUT2D eigenvalue weighted by Gasteiger charge is 2.32. The first-order valence-electron chi connectivity index (χ1n) is 9.89. The molecule has 0 N–H and O–H groups in total. The predicted octanol–water partition coefficient (Wildman–Crippen LogP) is 2.88. The number of hydrogen-bond acceptors (Lipinski definition) is 6. The van der Waals surface area contributed by atoms with Crippen LogP contribution in [0, 0.1) is 6.92 Å². The van der Waals surface area contributed by atoms with Crippen molar-refractivity contribution in [3.63, 3.8) is 0 Å². The third-order valence-corrected chi connectivity index (χ3v) is 5.57. The summed E-state index contributed by atoms with van der Waals surface area (Å²) in [7, 11) is 1.61.